The van der Waals surface area contributed by atoms with Gasteiger partial charge in [0, 0.05) is 12.4 Å². The standard InChI is InChI=1S/C18H16N2O4/c1-2-24-14-5-3-13(4-6-14)15-16(21)18(23)20(17(15)22)11-12-7-9-19-10-8-12/h3-10,21H,2,11H2,1H3. The minimum atomic E-state index is -0.694. The zero-order valence-corrected chi connectivity index (χ0v) is 13.1. The summed E-state index contributed by atoms with van der Waals surface area (Å²) in [6, 6.07) is 10.1. The number of imide groups is 1. The summed E-state index contributed by atoms with van der Waals surface area (Å²) >= 11 is 0. The number of hydrogen-bond donors (Lipinski definition) is 1. The summed E-state index contributed by atoms with van der Waals surface area (Å²) in [6.45, 7) is 2.49. The quantitative estimate of drug-likeness (QED) is 0.854. The first kappa shape index (κ1) is 15.7. The van der Waals surface area contributed by atoms with E-state index in [1.807, 2.05) is 6.92 Å². The van der Waals surface area contributed by atoms with Crippen LogP contribution in [0.15, 0.2) is 54.6 Å². The average molecular weight is 324 g/mol. The van der Waals surface area contributed by atoms with Crippen molar-refractivity contribution in [2.75, 3.05) is 6.61 Å². The third-order valence-corrected chi connectivity index (χ3v) is 3.69. The second kappa shape index (κ2) is 6.54. The number of carbonyl (C=O) groups excluding carboxylic acids is 2. The van der Waals surface area contributed by atoms with Crippen molar-refractivity contribution in [3.05, 3.63) is 65.7 Å². The molecule has 1 aromatic heterocycles. The van der Waals surface area contributed by atoms with Crippen LogP contribution in [0.25, 0.3) is 5.57 Å². The number of aliphatic hydroxyl groups excluding tert-OH is 1. The summed E-state index contributed by atoms with van der Waals surface area (Å²) in [4.78, 5) is 29.7. The van der Waals surface area contributed by atoms with Crippen molar-refractivity contribution < 1.29 is 19.4 Å². The minimum Gasteiger partial charge on any atom is -0.502 e. The number of carbonyl (C=O) groups is 2. The predicted molar refractivity (Wildman–Crippen MR) is 87.0 cm³/mol. The van der Waals surface area contributed by atoms with Gasteiger partial charge in [0.25, 0.3) is 11.8 Å². The SMILES string of the molecule is CCOc1ccc(C2=C(O)C(=O)N(Cc3ccncc3)C2=O)cc1. The molecule has 0 fully saturated rings. The number of aromatic nitrogens is 1. The van der Waals surface area contributed by atoms with E-state index in [1.165, 1.54) is 0 Å². The molecule has 1 aliphatic rings. The van der Waals surface area contributed by atoms with Crippen LogP contribution < -0.4 is 4.74 Å². The van der Waals surface area contributed by atoms with Crippen LogP contribution >= 0.6 is 0 Å². The number of amides is 2. The van der Waals surface area contributed by atoms with Crippen molar-refractivity contribution in [3.8, 4) is 5.75 Å². The summed E-state index contributed by atoms with van der Waals surface area (Å²) in [5, 5.41) is 10.1. The maximum absolute atomic E-state index is 12.6. The highest BCUT2D eigenvalue weighted by Crippen LogP contribution is 2.30. The van der Waals surface area contributed by atoms with Crippen LogP contribution in [0, 0.1) is 0 Å². The van der Waals surface area contributed by atoms with Crippen molar-refractivity contribution in [3.63, 3.8) is 0 Å². The molecule has 2 heterocycles. The molecule has 0 unspecified atom stereocenters. The Morgan fingerprint density at radius 1 is 1.04 bits per heavy atom. The van der Waals surface area contributed by atoms with Gasteiger partial charge >= 0.3 is 0 Å². The fourth-order valence-corrected chi connectivity index (χ4v) is 2.52. The lowest BCUT2D eigenvalue weighted by Gasteiger charge is -2.14. The molecule has 0 saturated heterocycles. The number of rotatable bonds is 5. The van der Waals surface area contributed by atoms with Gasteiger partial charge in [0.05, 0.1) is 18.7 Å². The van der Waals surface area contributed by atoms with Gasteiger partial charge in [-0.15, -0.1) is 0 Å². The molecule has 6 heteroatoms. The van der Waals surface area contributed by atoms with Gasteiger partial charge in [-0.3, -0.25) is 19.5 Å². The van der Waals surface area contributed by atoms with E-state index < -0.39 is 17.6 Å². The summed E-state index contributed by atoms with van der Waals surface area (Å²) in [5.74, 6) is -1.08. The number of aliphatic hydroxyl groups is 1. The van der Waals surface area contributed by atoms with Crippen LogP contribution in [-0.2, 0) is 16.1 Å². The molecule has 3 rings (SSSR count). The molecule has 0 aliphatic carbocycles. The van der Waals surface area contributed by atoms with Gasteiger partial charge in [-0.2, -0.15) is 0 Å². The average Bonchev–Trinajstić information content (AvgIpc) is 2.81. The van der Waals surface area contributed by atoms with Crippen LogP contribution in [0.2, 0.25) is 0 Å². The Hall–Kier alpha value is -3.15. The van der Waals surface area contributed by atoms with Crippen molar-refractivity contribution in [1.82, 2.24) is 9.88 Å². The van der Waals surface area contributed by atoms with Crippen LogP contribution in [0.5, 0.6) is 5.75 Å². The predicted octanol–water partition coefficient (Wildman–Crippen LogP) is 2.32. The summed E-state index contributed by atoms with van der Waals surface area (Å²) < 4.78 is 5.35. The van der Waals surface area contributed by atoms with E-state index >= 15 is 0 Å². The lowest BCUT2D eigenvalue weighted by atomic mass is 10.1. The number of pyridine rings is 1. The normalized spacial score (nSPS) is 14.5. The monoisotopic (exact) mass is 324 g/mol. The van der Waals surface area contributed by atoms with E-state index in [4.69, 9.17) is 4.74 Å². The van der Waals surface area contributed by atoms with Crippen molar-refractivity contribution in [2.24, 2.45) is 0 Å². The minimum absolute atomic E-state index is 0.0112. The Kier molecular flexibility index (Phi) is 4.29. The smallest absolute Gasteiger partial charge is 0.296 e. The highest BCUT2D eigenvalue weighted by molar-refractivity contribution is 6.34. The second-order valence-corrected chi connectivity index (χ2v) is 5.23. The largest absolute Gasteiger partial charge is 0.502 e. The zero-order valence-electron chi connectivity index (χ0n) is 13.1. The van der Waals surface area contributed by atoms with Gasteiger partial charge in [0.2, 0.25) is 0 Å². The molecular weight excluding hydrogens is 308 g/mol. The zero-order chi connectivity index (χ0) is 17.1. The van der Waals surface area contributed by atoms with Crippen molar-refractivity contribution >= 4 is 17.4 Å². The Balaban J connectivity index is 1.86. The second-order valence-electron chi connectivity index (χ2n) is 5.23. The maximum atomic E-state index is 12.6. The van der Waals surface area contributed by atoms with E-state index in [9.17, 15) is 14.7 Å². The lowest BCUT2D eigenvalue weighted by molar-refractivity contribution is -0.138. The molecule has 0 spiro atoms. The highest BCUT2D eigenvalue weighted by atomic mass is 16.5. The first-order valence-corrected chi connectivity index (χ1v) is 7.53. The highest BCUT2D eigenvalue weighted by Gasteiger charge is 2.39. The molecule has 24 heavy (non-hydrogen) atoms. The molecule has 122 valence electrons. The molecule has 0 bridgehead atoms. The summed E-state index contributed by atoms with van der Waals surface area (Å²) in [5.41, 5.74) is 1.25. The van der Waals surface area contributed by atoms with Gasteiger partial charge in [0.1, 0.15) is 5.75 Å². The molecule has 0 atom stereocenters. The number of benzene rings is 1. The van der Waals surface area contributed by atoms with Gasteiger partial charge < -0.3 is 9.84 Å². The van der Waals surface area contributed by atoms with E-state index in [0.29, 0.717) is 17.9 Å². The van der Waals surface area contributed by atoms with Crippen LogP contribution in [0.4, 0.5) is 0 Å². The third kappa shape index (κ3) is 2.86. The van der Waals surface area contributed by atoms with E-state index in [1.54, 1.807) is 48.8 Å². The fraction of sp³-hybridized carbons (Fsp3) is 0.167. The molecule has 0 radical (unpaired) electrons. The maximum Gasteiger partial charge on any atom is 0.296 e. The lowest BCUT2D eigenvalue weighted by Crippen LogP contribution is -2.31. The molecule has 0 saturated carbocycles. The molecule has 6 nitrogen and oxygen atoms in total. The number of hydrogen-bond acceptors (Lipinski definition) is 5. The van der Waals surface area contributed by atoms with Crippen molar-refractivity contribution in [2.45, 2.75) is 13.5 Å². The Morgan fingerprint density at radius 2 is 1.71 bits per heavy atom. The van der Waals surface area contributed by atoms with Gasteiger partial charge in [0.15, 0.2) is 5.76 Å². The van der Waals surface area contributed by atoms with Gasteiger partial charge in [-0.25, -0.2) is 0 Å². The van der Waals surface area contributed by atoms with Crippen LogP contribution in [0.3, 0.4) is 0 Å². The summed E-state index contributed by atoms with van der Waals surface area (Å²) in [7, 11) is 0. The number of nitrogens with zero attached hydrogens (tertiary/aromatic N) is 2. The third-order valence-electron chi connectivity index (χ3n) is 3.69. The first-order chi connectivity index (χ1) is 11.6. The molecule has 2 amide bonds. The molecule has 1 aromatic carbocycles. The number of ether oxygens (including phenoxy) is 1. The first-order valence-electron chi connectivity index (χ1n) is 7.53. The van der Waals surface area contributed by atoms with E-state index in [2.05, 4.69) is 4.98 Å². The Morgan fingerprint density at radius 3 is 2.33 bits per heavy atom. The molecular formula is C18H16N2O4. The topological polar surface area (TPSA) is 79.7 Å². The van der Waals surface area contributed by atoms with Crippen LogP contribution in [-0.4, -0.2) is 33.4 Å². The van der Waals surface area contributed by atoms with Crippen molar-refractivity contribution in [1.29, 1.82) is 0 Å². The molecule has 1 aliphatic heterocycles. The van der Waals surface area contributed by atoms with Gasteiger partial charge in [-0.1, -0.05) is 12.1 Å². The Labute approximate surface area is 139 Å². The fourth-order valence-electron chi connectivity index (χ4n) is 2.52. The summed E-state index contributed by atoms with van der Waals surface area (Å²) in [6.07, 6.45) is 3.17. The molecule has 2 aromatic rings. The van der Waals surface area contributed by atoms with Crippen LogP contribution in [0.1, 0.15) is 18.1 Å². The van der Waals surface area contributed by atoms with E-state index in [-0.39, 0.29) is 12.1 Å². The van der Waals surface area contributed by atoms with Gasteiger partial charge in [-0.05, 0) is 42.3 Å². The van der Waals surface area contributed by atoms with E-state index in [0.717, 1.165) is 10.5 Å². The molecule has 1 N–H and O–H groups in total. The Bertz CT molecular complexity index is 798.